The Balaban J connectivity index is 0.000000601. The van der Waals surface area contributed by atoms with Gasteiger partial charge in [0.1, 0.15) is 0 Å². The van der Waals surface area contributed by atoms with E-state index in [4.69, 9.17) is 0 Å². The Bertz CT molecular complexity index is 1130. The number of benzene rings is 4. The van der Waals surface area contributed by atoms with E-state index in [1.165, 1.54) is 44.3 Å². The number of hydrogen-bond donors (Lipinski definition) is 0. The third-order valence-electron chi connectivity index (χ3n) is 5.37. The second-order valence-corrected chi connectivity index (χ2v) is 20.3. The van der Waals surface area contributed by atoms with Gasteiger partial charge in [-0.2, -0.15) is 0 Å². The van der Waals surface area contributed by atoms with Crippen molar-refractivity contribution >= 4 is 52.1 Å². The van der Waals surface area contributed by atoms with Crippen molar-refractivity contribution in [3.05, 3.63) is 144 Å². The number of hydrogen-bond acceptors (Lipinski definition) is 0. The van der Waals surface area contributed by atoms with Crippen LogP contribution in [0, 0.1) is 0 Å². The van der Waals surface area contributed by atoms with E-state index in [0.717, 1.165) is 0 Å². The molecule has 5 rings (SSSR count). The van der Waals surface area contributed by atoms with Crippen LogP contribution in [0.3, 0.4) is 0 Å². The molecule has 33 heavy (non-hydrogen) atoms. The first-order valence-corrected chi connectivity index (χ1v) is 23.1. The van der Waals surface area contributed by atoms with Gasteiger partial charge in [-0.05, 0) is 33.4 Å². The maximum atomic E-state index is 2.38. The van der Waals surface area contributed by atoms with Crippen LogP contribution in [0.4, 0.5) is 0 Å². The molecule has 4 aromatic rings. The van der Waals surface area contributed by atoms with Crippen LogP contribution in [0.5, 0.6) is 0 Å². The zero-order valence-electron chi connectivity index (χ0n) is 19.6. The van der Waals surface area contributed by atoms with Crippen LogP contribution in [-0.4, -0.2) is 30.0 Å². The van der Waals surface area contributed by atoms with E-state index >= 15 is 0 Å². The van der Waals surface area contributed by atoms with Gasteiger partial charge in [0.05, 0.1) is 0 Å². The van der Waals surface area contributed by atoms with Crippen LogP contribution in [0.1, 0.15) is 22.3 Å². The minimum atomic E-state index is -0.657. The average molecular weight is 620 g/mol. The van der Waals surface area contributed by atoms with Crippen molar-refractivity contribution in [3.8, 4) is 0 Å². The molecular formula is C31H29BPb. The predicted molar refractivity (Wildman–Crippen MR) is 148 cm³/mol. The van der Waals surface area contributed by atoms with E-state index in [2.05, 4.69) is 142 Å². The molecule has 1 heterocycles. The Kier molecular flexibility index (Phi) is 8.17. The van der Waals surface area contributed by atoms with Gasteiger partial charge in [0.15, 0.2) is 7.28 Å². The molecule has 4 aromatic carbocycles. The van der Waals surface area contributed by atoms with E-state index in [9.17, 15) is 0 Å². The fourth-order valence-electron chi connectivity index (χ4n) is 4.06. The SMILES string of the molecule is [B]1C(c2ccccc2)=C(c2ccccc2)C(c2ccccc2)=C1c1ccccc1.[CH3][Pb]([CH3])[CH3]. The first-order valence-electron chi connectivity index (χ1n) is 11.5. The first kappa shape index (κ1) is 23.5. The summed E-state index contributed by atoms with van der Waals surface area (Å²) in [7, 11) is 2.36. The minimum absolute atomic E-state index is 0.657. The molecule has 0 unspecified atom stereocenters. The van der Waals surface area contributed by atoms with Crippen molar-refractivity contribution in [1.82, 2.24) is 0 Å². The van der Waals surface area contributed by atoms with Gasteiger partial charge in [0.25, 0.3) is 0 Å². The van der Waals surface area contributed by atoms with Crippen LogP contribution < -0.4 is 0 Å². The van der Waals surface area contributed by atoms with E-state index in [1.54, 1.807) is 0 Å². The summed E-state index contributed by atoms with van der Waals surface area (Å²) < 4.78 is 7.14. The molecule has 0 amide bonds. The molecule has 160 valence electrons. The zero-order chi connectivity index (χ0) is 23.0. The molecule has 2 radical (unpaired) electrons. The molecule has 0 saturated heterocycles. The Hall–Kier alpha value is -2.65. The summed E-state index contributed by atoms with van der Waals surface area (Å²) in [5, 5.41) is 0. The summed E-state index contributed by atoms with van der Waals surface area (Å²) in [4.78, 5) is 0. The first-order chi connectivity index (χ1) is 16.1. The van der Waals surface area contributed by atoms with Gasteiger partial charge in [-0.3, -0.25) is 0 Å². The maximum absolute atomic E-state index is 2.38. The topological polar surface area (TPSA) is 0 Å². The summed E-state index contributed by atoms with van der Waals surface area (Å²) in [5.74, 6) is 0. The molecule has 0 nitrogen and oxygen atoms in total. The van der Waals surface area contributed by atoms with Crippen LogP contribution in [0.2, 0.25) is 13.4 Å². The third-order valence-corrected chi connectivity index (χ3v) is 5.37. The molecule has 0 spiro atoms. The van der Waals surface area contributed by atoms with Crippen LogP contribution in [0.25, 0.3) is 22.1 Å². The van der Waals surface area contributed by atoms with Crippen molar-refractivity contribution < 1.29 is 0 Å². The van der Waals surface area contributed by atoms with Gasteiger partial charge in [0, 0.05) is 0 Å². The second kappa shape index (κ2) is 11.5. The standard InChI is InChI=1S/C28H20B.3CH3.Pb/c1-5-13-21(14-6-1)25-26(22-15-7-2-8-16-22)28(24-19-11-4-12-20-24)29-27(25)23-17-9-3-10-18-23;;;;/h1-20H;3*1H3;. The van der Waals surface area contributed by atoms with Crippen LogP contribution >= 0.6 is 0 Å². The molecular weight excluding hydrogens is 590 g/mol. The molecule has 0 atom stereocenters. The van der Waals surface area contributed by atoms with Gasteiger partial charge in [-0.1, -0.05) is 132 Å². The Morgan fingerprint density at radius 2 is 0.636 bits per heavy atom. The zero-order valence-corrected chi connectivity index (χ0v) is 23.5. The third kappa shape index (κ3) is 5.83. The monoisotopic (exact) mass is 620 g/mol. The Labute approximate surface area is 208 Å². The van der Waals surface area contributed by atoms with Crippen LogP contribution in [0.15, 0.2) is 121 Å². The molecule has 0 aromatic heterocycles. The van der Waals surface area contributed by atoms with Crippen molar-refractivity contribution in [2.75, 3.05) is 0 Å². The Morgan fingerprint density at radius 3 is 0.909 bits per heavy atom. The quantitative estimate of drug-likeness (QED) is 0.202. The van der Waals surface area contributed by atoms with E-state index in [1.807, 2.05) is 0 Å². The van der Waals surface area contributed by atoms with Crippen molar-refractivity contribution in [2.45, 2.75) is 13.4 Å². The summed E-state index contributed by atoms with van der Waals surface area (Å²) in [6, 6.07) is 42.9. The van der Waals surface area contributed by atoms with E-state index < -0.39 is 22.7 Å². The Morgan fingerprint density at radius 1 is 0.394 bits per heavy atom. The molecule has 1 aliphatic heterocycles. The van der Waals surface area contributed by atoms with Gasteiger partial charge >= 0.3 is 36.2 Å². The van der Waals surface area contributed by atoms with Gasteiger partial charge in [-0.25, -0.2) is 0 Å². The summed E-state index contributed by atoms with van der Waals surface area (Å²) in [5.41, 5.74) is 10.1. The summed E-state index contributed by atoms with van der Waals surface area (Å²) in [6.45, 7) is 0. The van der Waals surface area contributed by atoms with Gasteiger partial charge in [0.2, 0.25) is 0 Å². The van der Waals surface area contributed by atoms with E-state index in [0.29, 0.717) is 0 Å². The predicted octanol–water partition coefficient (Wildman–Crippen LogP) is 8.21. The fourth-order valence-corrected chi connectivity index (χ4v) is 4.06. The van der Waals surface area contributed by atoms with Gasteiger partial charge < -0.3 is 0 Å². The molecule has 1 aliphatic rings. The van der Waals surface area contributed by atoms with Crippen molar-refractivity contribution in [1.29, 1.82) is 0 Å². The number of rotatable bonds is 4. The fraction of sp³-hybridized carbons (Fsp3) is 0.0968. The molecule has 0 N–H and O–H groups in total. The molecule has 0 fully saturated rings. The molecule has 0 bridgehead atoms. The average Bonchev–Trinajstić information content (AvgIpc) is 3.27. The van der Waals surface area contributed by atoms with Crippen LogP contribution in [-0.2, 0) is 0 Å². The van der Waals surface area contributed by atoms with E-state index in [-0.39, 0.29) is 0 Å². The normalized spacial score (nSPS) is 13.0. The van der Waals surface area contributed by atoms with Crippen molar-refractivity contribution in [3.63, 3.8) is 0 Å². The second-order valence-electron chi connectivity index (χ2n) is 8.69. The molecule has 0 saturated carbocycles. The summed E-state index contributed by atoms with van der Waals surface area (Å²) >= 11 is -0.657. The molecule has 2 heteroatoms. The molecule has 0 aliphatic carbocycles. The van der Waals surface area contributed by atoms with Gasteiger partial charge in [-0.15, -0.1) is 0 Å². The summed E-state index contributed by atoms with van der Waals surface area (Å²) in [6.07, 6.45) is 0. The number of allylic oxidation sites excluding steroid dienone is 2. The van der Waals surface area contributed by atoms with Crippen molar-refractivity contribution in [2.24, 2.45) is 0 Å².